The summed E-state index contributed by atoms with van der Waals surface area (Å²) in [7, 11) is -1.88. The highest BCUT2D eigenvalue weighted by Crippen LogP contribution is 2.16. The van der Waals surface area contributed by atoms with Crippen LogP contribution in [0.5, 0.6) is 0 Å². The first-order chi connectivity index (χ1) is 6.48. The number of nitrogens with zero attached hydrogens (tertiary/aromatic N) is 2. The van der Waals surface area contributed by atoms with Gasteiger partial charge in [0, 0.05) is 12.4 Å². The summed E-state index contributed by atoms with van der Waals surface area (Å²) in [5.41, 5.74) is 0.747. The summed E-state index contributed by atoms with van der Waals surface area (Å²) in [6, 6.07) is 4.67. The van der Waals surface area contributed by atoms with Crippen LogP contribution < -0.4 is 5.14 Å². The second-order valence-corrected chi connectivity index (χ2v) is 4.60. The Bertz CT molecular complexity index is 586. The van der Waals surface area contributed by atoms with Crippen molar-refractivity contribution in [3.63, 3.8) is 0 Å². The van der Waals surface area contributed by atoms with Crippen LogP contribution in [0, 0.1) is 0 Å². The number of hydrogen-bond donors (Lipinski definition) is 1. The van der Waals surface area contributed by atoms with Crippen LogP contribution in [0.4, 0.5) is 0 Å². The maximum absolute atomic E-state index is 11.1. The predicted molar refractivity (Wildman–Crippen MR) is 52.1 cm³/mol. The lowest BCUT2D eigenvalue weighted by Crippen LogP contribution is -2.11. The van der Waals surface area contributed by atoms with E-state index in [-0.39, 0.29) is 4.90 Å². The summed E-state index contributed by atoms with van der Waals surface area (Å²) >= 11 is 0. The van der Waals surface area contributed by atoms with Gasteiger partial charge in [-0.3, -0.25) is 4.68 Å². The van der Waals surface area contributed by atoms with E-state index in [2.05, 4.69) is 5.10 Å². The van der Waals surface area contributed by atoms with E-state index >= 15 is 0 Å². The molecule has 0 aliphatic rings. The van der Waals surface area contributed by atoms with Crippen molar-refractivity contribution in [3.8, 4) is 0 Å². The Morgan fingerprint density at radius 3 is 2.79 bits per heavy atom. The molecule has 0 spiro atoms. The van der Waals surface area contributed by atoms with Crippen molar-refractivity contribution in [1.82, 2.24) is 9.78 Å². The molecule has 0 bridgehead atoms. The van der Waals surface area contributed by atoms with E-state index in [9.17, 15) is 8.42 Å². The molecule has 0 atom stereocenters. The molecule has 5 nitrogen and oxygen atoms in total. The number of rotatable bonds is 1. The monoisotopic (exact) mass is 211 g/mol. The number of sulfonamides is 1. The summed E-state index contributed by atoms with van der Waals surface area (Å²) in [6.07, 6.45) is 1.67. The smallest absolute Gasteiger partial charge is 0.238 e. The SMILES string of the molecule is Cn1ncc2ccc(S(N)(=O)=O)cc21. The highest BCUT2D eigenvalue weighted by atomic mass is 32.2. The summed E-state index contributed by atoms with van der Waals surface area (Å²) in [4.78, 5) is 0.105. The molecule has 0 aliphatic carbocycles. The first kappa shape index (κ1) is 9.17. The van der Waals surface area contributed by atoms with E-state index in [1.165, 1.54) is 12.1 Å². The van der Waals surface area contributed by atoms with Crippen LogP contribution >= 0.6 is 0 Å². The fraction of sp³-hybridized carbons (Fsp3) is 0.125. The Kier molecular flexibility index (Phi) is 1.83. The highest BCUT2D eigenvalue weighted by molar-refractivity contribution is 7.89. The van der Waals surface area contributed by atoms with Crippen molar-refractivity contribution < 1.29 is 8.42 Å². The van der Waals surface area contributed by atoms with Crippen LogP contribution in [0.3, 0.4) is 0 Å². The van der Waals surface area contributed by atoms with Gasteiger partial charge in [-0.15, -0.1) is 0 Å². The molecule has 2 aromatic rings. The summed E-state index contributed by atoms with van der Waals surface area (Å²) in [6.45, 7) is 0. The van der Waals surface area contributed by atoms with Crippen molar-refractivity contribution in [2.24, 2.45) is 12.2 Å². The zero-order valence-corrected chi connectivity index (χ0v) is 8.32. The molecule has 0 saturated heterocycles. The van der Waals surface area contributed by atoms with Crippen molar-refractivity contribution >= 4 is 20.9 Å². The van der Waals surface area contributed by atoms with Gasteiger partial charge < -0.3 is 0 Å². The third-order valence-corrected chi connectivity index (χ3v) is 2.96. The molecule has 6 heteroatoms. The molecular formula is C8H9N3O2S. The quantitative estimate of drug-likeness (QED) is 0.733. The topological polar surface area (TPSA) is 78.0 Å². The summed E-state index contributed by atoms with van der Waals surface area (Å²) < 4.78 is 23.7. The minimum absolute atomic E-state index is 0.105. The van der Waals surface area contributed by atoms with Crippen molar-refractivity contribution in [3.05, 3.63) is 24.4 Å². The van der Waals surface area contributed by atoms with Crippen LogP contribution in [0.1, 0.15) is 0 Å². The molecule has 0 amide bonds. The van der Waals surface area contributed by atoms with E-state index in [0.717, 1.165) is 10.9 Å². The molecule has 1 heterocycles. The Labute approximate surface area is 81.2 Å². The van der Waals surface area contributed by atoms with Gasteiger partial charge in [0.1, 0.15) is 0 Å². The minimum Gasteiger partial charge on any atom is -0.268 e. The summed E-state index contributed by atoms with van der Waals surface area (Å²) in [5, 5.41) is 9.90. The molecule has 0 fully saturated rings. The number of fused-ring (bicyclic) bond motifs is 1. The third-order valence-electron chi connectivity index (χ3n) is 2.05. The van der Waals surface area contributed by atoms with Gasteiger partial charge in [0.2, 0.25) is 10.0 Å². The van der Waals surface area contributed by atoms with Crippen molar-refractivity contribution in [2.75, 3.05) is 0 Å². The van der Waals surface area contributed by atoms with E-state index in [1.54, 1.807) is 24.0 Å². The zero-order chi connectivity index (χ0) is 10.3. The number of nitrogens with two attached hydrogens (primary N) is 1. The number of benzene rings is 1. The molecule has 74 valence electrons. The number of aryl methyl sites for hydroxylation is 1. The van der Waals surface area contributed by atoms with Crippen molar-refractivity contribution in [2.45, 2.75) is 4.90 Å². The molecule has 2 rings (SSSR count). The molecule has 0 radical (unpaired) electrons. The largest absolute Gasteiger partial charge is 0.268 e. The second kappa shape index (κ2) is 2.79. The van der Waals surface area contributed by atoms with Crippen LogP contribution in [0.25, 0.3) is 10.9 Å². The molecule has 1 aromatic heterocycles. The summed E-state index contributed by atoms with van der Waals surface area (Å²) in [5.74, 6) is 0. The minimum atomic E-state index is -3.63. The maximum Gasteiger partial charge on any atom is 0.238 e. The zero-order valence-electron chi connectivity index (χ0n) is 7.51. The maximum atomic E-state index is 11.1. The Morgan fingerprint density at radius 1 is 1.43 bits per heavy atom. The average Bonchev–Trinajstić information content (AvgIpc) is 2.46. The predicted octanol–water partition coefficient (Wildman–Crippen LogP) is 0.221. The van der Waals surface area contributed by atoms with Crippen LogP contribution in [0.2, 0.25) is 0 Å². The van der Waals surface area contributed by atoms with E-state index < -0.39 is 10.0 Å². The number of aromatic nitrogens is 2. The van der Waals surface area contributed by atoms with Crippen molar-refractivity contribution in [1.29, 1.82) is 0 Å². The van der Waals surface area contributed by atoms with Gasteiger partial charge in [0.15, 0.2) is 0 Å². The van der Waals surface area contributed by atoms with Crippen LogP contribution in [-0.4, -0.2) is 18.2 Å². The highest BCUT2D eigenvalue weighted by Gasteiger charge is 2.09. The average molecular weight is 211 g/mol. The molecule has 0 aliphatic heterocycles. The Balaban J connectivity index is 2.79. The van der Waals surface area contributed by atoms with Gasteiger partial charge in [-0.25, -0.2) is 13.6 Å². The van der Waals surface area contributed by atoms with Gasteiger partial charge in [-0.2, -0.15) is 5.10 Å². The standard InChI is InChI=1S/C8H9N3O2S/c1-11-8-4-7(14(9,12)13)3-2-6(8)5-10-11/h2-5H,1H3,(H2,9,12,13). The molecule has 1 aromatic carbocycles. The Hall–Kier alpha value is -1.40. The molecule has 14 heavy (non-hydrogen) atoms. The fourth-order valence-corrected chi connectivity index (χ4v) is 1.83. The van der Waals surface area contributed by atoms with Crippen LogP contribution in [-0.2, 0) is 17.1 Å². The van der Waals surface area contributed by atoms with Crippen LogP contribution in [0.15, 0.2) is 29.3 Å². The lowest BCUT2D eigenvalue weighted by molar-refractivity contribution is 0.598. The lowest BCUT2D eigenvalue weighted by atomic mass is 10.3. The Morgan fingerprint density at radius 2 is 2.14 bits per heavy atom. The number of hydrogen-bond acceptors (Lipinski definition) is 3. The van der Waals surface area contributed by atoms with Gasteiger partial charge in [-0.05, 0) is 18.2 Å². The molecule has 2 N–H and O–H groups in total. The first-order valence-corrected chi connectivity index (χ1v) is 5.48. The van der Waals surface area contributed by atoms with Gasteiger partial charge in [0.25, 0.3) is 0 Å². The van der Waals surface area contributed by atoms with E-state index in [4.69, 9.17) is 5.14 Å². The molecule has 0 unspecified atom stereocenters. The van der Waals surface area contributed by atoms with E-state index in [0.29, 0.717) is 0 Å². The third kappa shape index (κ3) is 1.38. The molecule has 0 saturated carbocycles. The van der Waals surface area contributed by atoms with E-state index in [1.807, 2.05) is 0 Å². The first-order valence-electron chi connectivity index (χ1n) is 3.93. The van der Waals surface area contributed by atoms with Gasteiger partial charge >= 0.3 is 0 Å². The fourth-order valence-electron chi connectivity index (χ4n) is 1.30. The van der Waals surface area contributed by atoms with Gasteiger partial charge in [-0.1, -0.05) is 0 Å². The lowest BCUT2D eigenvalue weighted by Gasteiger charge is -1.98. The second-order valence-electron chi connectivity index (χ2n) is 3.03. The van der Waals surface area contributed by atoms with Gasteiger partial charge in [0.05, 0.1) is 16.6 Å². The normalized spacial score (nSPS) is 12.1. The number of primary sulfonamides is 1. The molecular weight excluding hydrogens is 202 g/mol.